The number of aliphatic hydroxyl groups excluding tert-OH is 1. The van der Waals surface area contributed by atoms with Crippen molar-refractivity contribution in [3.63, 3.8) is 0 Å². The number of rotatable bonds is 16. The van der Waals surface area contributed by atoms with Gasteiger partial charge in [0.25, 0.3) is 0 Å². The quantitative estimate of drug-likeness (QED) is 0.0574. The summed E-state index contributed by atoms with van der Waals surface area (Å²) >= 11 is 0. The second-order valence-electron chi connectivity index (χ2n) is 8.34. The number of nitrogens with two attached hydrogens (primary N) is 3. The van der Waals surface area contributed by atoms with Gasteiger partial charge in [0.05, 0.1) is 12.1 Å². The molecule has 0 aliphatic carbocycles. The molecule has 15 heteroatoms. The summed E-state index contributed by atoms with van der Waals surface area (Å²) in [6.07, 6.45) is -2.02. The lowest BCUT2D eigenvalue weighted by Crippen LogP contribution is -2.58. The Morgan fingerprint density at radius 2 is 1.37 bits per heavy atom. The Bertz CT molecular complexity index is 783. The average molecular weight is 504 g/mol. The number of aliphatic carboxylic acids is 2. The van der Waals surface area contributed by atoms with Crippen LogP contribution >= 0.6 is 0 Å². The molecule has 0 spiro atoms. The summed E-state index contributed by atoms with van der Waals surface area (Å²) in [6, 6.07) is -5.24. The number of hydrogen-bond donors (Lipinski definition) is 9. The normalized spacial score (nSPS) is 15.1. The van der Waals surface area contributed by atoms with Crippen molar-refractivity contribution in [1.29, 1.82) is 0 Å². The fourth-order valence-corrected chi connectivity index (χ4v) is 2.79. The molecule has 15 nitrogen and oxygen atoms in total. The van der Waals surface area contributed by atoms with Crippen LogP contribution in [-0.4, -0.2) is 87.8 Å². The standard InChI is InChI=1S/C20H37N7O8/c1-9(2)14(21)18(33)26-12(6-7-13(29)30)16(31)25-11(5-4-8-24-20(22)23)17(32)27-15(10(3)28)19(34)35/h9-12,14-15,28H,4-8,21H2,1-3H3,(H,25,31)(H,26,33)(H,27,32)(H,29,30)(H,34,35)(H4,22,23,24). The third kappa shape index (κ3) is 12.5. The van der Waals surface area contributed by atoms with E-state index >= 15 is 0 Å². The molecule has 0 aromatic carbocycles. The lowest BCUT2D eigenvalue weighted by atomic mass is 10.0. The molecule has 0 bridgehead atoms. The summed E-state index contributed by atoms with van der Waals surface area (Å²) in [5, 5.41) is 34.8. The zero-order valence-corrected chi connectivity index (χ0v) is 20.1. The molecule has 0 aromatic heterocycles. The maximum absolute atomic E-state index is 12.9. The largest absolute Gasteiger partial charge is 0.481 e. The highest BCUT2D eigenvalue weighted by atomic mass is 16.4. The van der Waals surface area contributed by atoms with Gasteiger partial charge < -0.3 is 48.5 Å². The number of carbonyl (C=O) groups excluding carboxylic acids is 3. The lowest BCUT2D eigenvalue weighted by Gasteiger charge is -2.26. The summed E-state index contributed by atoms with van der Waals surface area (Å²) in [4.78, 5) is 64.1. The summed E-state index contributed by atoms with van der Waals surface area (Å²) in [7, 11) is 0. The summed E-state index contributed by atoms with van der Waals surface area (Å²) < 4.78 is 0. The van der Waals surface area contributed by atoms with Crippen molar-refractivity contribution in [2.75, 3.05) is 6.54 Å². The number of guanidine groups is 1. The van der Waals surface area contributed by atoms with Crippen molar-refractivity contribution >= 4 is 35.6 Å². The molecule has 5 unspecified atom stereocenters. The van der Waals surface area contributed by atoms with E-state index in [4.69, 9.17) is 22.3 Å². The highest BCUT2D eigenvalue weighted by Gasteiger charge is 2.32. The molecular weight excluding hydrogens is 466 g/mol. The SMILES string of the molecule is CC(C)C(N)C(=O)NC(CCC(=O)O)C(=O)NC(CCCN=C(N)N)C(=O)NC(C(=O)O)C(C)O. The highest BCUT2D eigenvalue weighted by Crippen LogP contribution is 2.06. The third-order valence-electron chi connectivity index (χ3n) is 4.93. The van der Waals surface area contributed by atoms with Crippen LogP contribution in [0.2, 0.25) is 0 Å². The number of carboxylic acids is 2. The Balaban J connectivity index is 5.68. The van der Waals surface area contributed by atoms with E-state index in [1.807, 2.05) is 0 Å². The first-order valence-electron chi connectivity index (χ1n) is 11.0. The topological polar surface area (TPSA) is 273 Å². The second kappa shape index (κ2) is 15.4. The van der Waals surface area contributed by atoms with Gasteiger partial charge in [0.1, 0.15) is 12.1 Å². The Morgan fingerprint density at radius 1 is 0.857 bits per heavy atom. The summed E-state index contributed by atoms with van der Waals surface area (Å²) in [5.41, 5.74) is 16.3. The maximum atomic E-state index is 12.9. The number of carbonyl (C=O) groups is 5. The number of hydrogen-bond acceptors (Lipinski definition) is 8. The predicted octanol–water partition coefficient (Wildman–Crippen LogP) is -3.19. The van der Waals surface area contributed by atoms with Gasteiger partial charge in [-0.2, -0.15) is 0 Å². The molecule has 5 atom stereocenters. The number of aliphatic hydroxyl groups is 1. The van der Waals surface area contributed by atoms with Crippen molar-refractivity contribution in [2.24, 2.45) is 28.1 Å². The lowest BCUT2D eigenvalue weighted by molar-refractivity contribution is -0.145. The van der Waals surface area contributed by atoms with Crippen LogP contribution in [0.1, 0.15) is 46.5 Å². The Kier molecular flexibility index (Phi) is 13.9. The minimum absolute atomic E-state index is 0.0361. The molecule has 0 rings (SSSR count). The molecule has 0 saturated carbocycles. The minimum atomic E-state index is -1.65. The zero-order valence-electron chi connectivity index (χ0n) is 20.1. The van der Waals surface area contributed by atoms with E-state index in [0.29, 0.717) is 0 Å². The summed E-state index contributed by atoms with van der Waals surface area (Å²) in [5.74, 6) is -5.63. The van der Waals surface area contributed by atoms with Crippen LogP contribution < -0.4 is 33.2 Å². The van der Waals surface area contributed by atoms with Crippen molar-refractivity contribution in [3.8, 4) is 0 Å². The molecule has 35 heavy (non-hydrogen) atoms. The monoisotopic (exact) mass is 503 g/mol. The number of nitrogens with zero attached hydrogens (tertiary/aromatic N) is 1. The molecule has 3 amide bonds. The van der Waals surface area contributed by atoms with E-state index in [9.17, 15) is 34.2 Å². The van der Waals surface area contributed by atoms with Gasteiger partial charge in [0, 0.05) is 13.0 Å². The zero-order chi connectivity index (χ0) is 27.3. The minimum Gasteiger partial charge on any atom is -0.481 e. The fraction of sp³-hybridized carbons (Fsp3) is 0.700. The molecule has 0 fully saturated rings. The van der Waals surface area contributed by atoms with Crippen LogP contribution in [0.4, 0.5) is 0 Å². The van der Waals surface area contributed by atoms with E-state index in [2.05, 4.69) is 20.9 Å². The predicted molar refractivity (Wildman–Crippen MR) is 125 cm³/mol. The van der Waals surface area contributed by atoms with Gasteiger partial charge in [-0.25, -0.2) is 4.79 Å². The molecular formula is C20H37N7O8. The van der Waals surface area contributed by atoms with Crippen LogP contribution in [0, 0.1) is 5.92 Å². The maximum Gasteiger partial charge on any atom is 0.328 e. The van der Waals surface area contributed by atoms with E-state index in [1.165, 1.54) is 6.92 Å². The molecule has 0 saturated heterocycles. The Hall–Kier alpha value is -3.46. The molecule has 0 heterocycles. The van der Waals surface area contributed by atoms with E-state index in [-0.39, 0.29) is 37.7 Å². The Labute approximate surface area is 202 Å². The van der Waals surface area contributed by atoms with Crippen molar-refractivity contribution < 1.29 is 39.3 Å². The molecule has 0 aliphatic rings. The molecule has 0 radical (unpaired) electrons. The van der Waals surface area contributed by atoms with Crippen LogP contribution in [0.15, 0.2) is 4.99 Å². The third-order valence-corrected chi connectivity index (χ3v) is 4.93. The number of aliphatic imine (C=N–C) groups is 1. The van der Waals surface area contributed by atoms with E-state index in [1.54, 1.807) is 13.8 Å². The Morgan fingerprint density at radius 3 is 1.83 bits per heavy atom. The second-order valence-corrected chi connectivity index (χ2v) is 8.34. The fourth-order valence-electron chi connectivity index (χ4n) is 2.79. The van der Waals surface area contributed by atoms with Crippen molar-refractivity contribution in [3.05, 3.63) is 0 Å². The molecule has 12 N–H and O–H groups in total. The molecule has 0 aromatic rings. The van der Waals surface area contributed by atoms with E-state index in [0.717, 1.165) is 0 Å². The van der Waals surface area contributed by atoms with Crippen LogP contribution in [0.5, 0.6) is 0 Å². The number of carboxylic acid groups (broad SMARTS) is 2. The number of amides is 3. The van der Waals surface area contributed by atoms with Crippen LogP contribution in [0.25, 0.3) is 0 Å². The number of nitrogens with one attached hydrogen (secondary N) is 3. The molecule has 200 valence electrons. The van der Waals surface area contributed by atoms with Gasteiger partial charge in [-0.05, 0) is 32.1 Å². The molecule has 0 aliphatic heterocycles. The van der Waals surface area contributed by atoms with Gasteiger partial charge in [0.2, 0.25) is 17.7 Å². The van der Waals surface area contributed by atoms with Gasteiger partial charge in [-0.1, -0.05) is 13.8 Å². The first kappa shape index (κ1) is 31.5. The van der Waals surface area contributed by atoms with Crippen molar-refractivity contribution in [2.45, 2.75) is 76.7 Å². The average Bonchev–Trinajstić information content (AvgIpc) is 2.74. The summed E-state index contributed by atoms with van der Waals surface area (Å²) in [6.45, 7) is 4.65. The van der Waals surface area contributed by atoms with Gasteiger partial charge in [0.15, 0.2) is 12.0 Å². The van der Waals surface area contributed by atoms with Crippen molar-refractivity contribution in [1.82, 2.24) is 16.0 Å². The van der Waals surface area contributed by atoms with Gasteiger partial charge >= 0.3 is 11.9 Å². The van der Waals surface area contributed by atoms with Crippen LogP contribution in [-0.2, 0) is 24.0 Å². The van der Waals surface area contributed by atoms with Crippen LogP contribution in [0.3, 0.4) is 0 Å². The van der Waals surface area contributed by atoms with Gasteiger partial charge in [-0.3, -0.25) is 24.2 Å². The smallest absolute Gasteiger partial charge is 0.328 e. The van der Waals surface area contributed by atoms with E-state index < -0.39 is 66.4 Å². The van der Waals surface area contributed by atoms with Gasteiger partial charge in [-0.15, -0.1) is 0 Å². The highest BCUT2D eigenvalue weighted by molar-refractivity contribution is 5.94. The first-order chi connectivity index (χ1) is 16.2. The first-order valence-corrected chi connectivity index (χ1v) is 11.0.